The average molecular weight is 408 g/mol. The van der Waals surface area contributed by atoms with Crippen molar-refractivity contribution in [3.05, 3.63) is 54.1 Å². The molecule has 2 amide bonds. The SMILES string of the molecule is CC(=O)Nc1ccc(NS(C)(=O)=O)c(C(=O)NCCSc2ccccc2)c1. The maximum absolute atomic E-state index is 12.5. The van der Waals surface area contributed by atoms with Crippen molar-refractivity contribution >= 4 is 45.0 Å². The predicted octanol–water partition coefficient (Wildman–Crippen LogP) is 2.54. The first-order chi connectivity index (χ1) is 12.7. The highest BCUT2D eigenvalue weighted by Gasteiger charge is 2.15. The van der Waals surface area contributed by atoms with Crippen LogP contribution in [0.5, 0.6) is 0 Å². The van der Waals surface area contributed by atoms with E-state index in [9.17, 15) is 18.0 Å². The molecule has 0 aliphatic rings. The lowest BCUT2D eigenvalue weighted by atomic mass is 10.1. The molecule has 0 spiro atoms. The Kier molecular flexibility index (Phi) is 7.26. The van der Waals surface area contributed by atoms with Gasteiger partial charge in [0.05, 0.1) is 17.5 Å². The topological polar surface area (TPSA) is 104 Å². The van der Waals surface area contributed by atoms with Crippen molar-refractivity contribution in [2.45, 2.75) is 11.8 Å². The number of amides is 2. The van der Waals surface area contributed by atoms with Gasteiger partial charge in [-0.1, -0.05) is 18.2 Å². The average Bonchev–Trinajstić information content (AvgIpc) is 2.59. The van der Waals surface area contributed by atoms with Crippen LogP contribution >= 0.6 is 11.8 Å². The van der Waals surface area contributed by atoms with Gasteiger partial charge in [-0.2, -0.15) is 0 Å². The van der Waals surface area contributed by atoms with Gasteiger partial charge in [-0.05, 0) is 30.3 Å². The Bertz CT molecular complexity index is 915. The molecule has 0 aromatic heterocycles. The minimum absolute atomic E-state index is 0.136. The van der Waals surface area contributed by atoms with E-state index in [1.54, 1.807) is 11.8 Å². The largest absolute Gasteiger partial charge is 0.351 e. The van der Waals surface area contributed by atoms with Crippen LogP contribution in [0.2, 0.25) is 0 Å². The standard InChI is InChI=1S/C18H21N3O4S2/c1-13(22)20-14-8-9-17(21-27(2,24)25)16(12-14)18(23)19-10-11-26-15-6-4-3-5-7-15/h3-9,12,21H,10-11H2,1-2H3,(H,19,23)(H,20,22). The summed E-state index contributed by atoms with van der Waals surface area (Å²) in [6.07, 6.45) is 1.01. The lowest BCUT2D eigenvalue weighted by molar-refractivity contribution is -0.114. The lowest BCUT2D eigenvalue weighted by Gasteiger charge is -2.13. The molecule has 9 heteroatoms. The zero-order chi connectivity index (χ0) is 19.9. The fourth-order valence-electron chi connectivity index (χ4n) is 2.25. The van der Waals surface area contributed by atoms with E-state index in [2.05, 4.69) is 15.4 Å². The molecule has 0 aliphatic carbocycles. The highest BCUT2D eigenvalue weighted by molar-refractivity contribution is 7.99. The van der Waals surface area contributed by atoms with Crippen LogP contribution in [-0.2, 0) is 14.8 Å². The fourth-order valence-corrected chi connectivity index (χ4v) is 3.61. The van der Waals surface area contributed by atoms with E-state index in [-0.39, 0.29) is 17.2 Å². The van der Waals surface area contributed by atoms with Crippen LogP contribution in [0.3, 0.4) is 0 Å². The number of carbonyl (C=O) groups is 2. The molecule has 0 saturated carbocycles. The summed E-state index contributed by atoms with van der Waals surface area (Å²) in [5.74, 6) is -0.0536. The van der Waals surface area contributed by atoms with Crippen LogP contribution in [0.1, 0.15) is 17.3 Å². The molecule has 2 aromatic carbocycles. The van der Waals surface area contributed by atoms with Crippen LogP contribution in [-0.4, -0.2) is 38.8 Å². The number of nitrogens with one attached hydrogen (secondary N) is 3. The van der Waals surface area contributed by atoms with Gasteiger partial charge < -0.3 is 10.6 Å². The number of thioether (sulfide) groups is 1. The normalized spacial score (nSPS) is 10.9. The Balaban J connectivity index is 2.07. The molecule has 0 heterocycles. The van der Waals surface area contributed by atoms with E-state index in [4.69, 9.17) is 0 Å². The number of sulfonamides is 1. The zero-order valence-corrected chi connectivity index (χ0v) is 16.6. The Morgan fingerprint density at radius 3 is 2.41 bits per heavy atom. The third-order valence-corrected chi connectivity index (χ3v) is 4.88. The first kappa shape index (κ1) is 20.8. The van der Waals surface area contributed by atoms with E-state index in [1.807, 2.05) is 30.3 Å². The van der Waals surface area contributed by atoms with Gasteiger partial charge in [-0.15, -0.1) is 11.8 Å². The molecule has 2 rings (SSSR count). The van der Waals surface area contributed by atoms with Gasteiger partial charge >= 0.3 is 0 Å². The molecule has 2 aromatic rings. The van der Waals surface area contributed by atoms with E-state index in [0.29, 0.717) is 18.0 Å². The summed E-state index contributed by atoms with van der Waals surface area (Å²) in [7, 11) is -3.55. The van der Waals surface area contributed by atoms with Gasteiger partial charge in [0.1, 0.15) is 0 Å². The van der Waals surface area contributed by atoms with Gasteiger partial charge in [0.15, 0.2) is 0 Å². The number of hydrogen-bond donors (Lipinski definition) is 3. The summed E-state index contributed by atoms with van der Waals surface area (Å²) in [6, 6.07) is 14.2. The third kappa shape index (κ3) is 7.32. The van der Waals surface area contributed by atoms with E-state index in [1.165, 1.54) is 25.1 Å². The van der Waals surface area contributed by atoms with Crippen LogP contribution in [0, 0.1) is 0 Å². The zero-order valence-electron chi connectivity index (χ0n) is 15.0. The molecule has 27 heavy (non-hydrogen) atoms. The molecule has 0 saturated heterocycles. The van der Waals surface area contributed by atoms with Crippen LogP contribution < -0.4 is 15.4 Å². The van der Waals surface area contributed by atoms with Crippen LogP contribution in [0.4, 0.5) is 11.4 Å². The quantitative estimate of drug-likeness (QED) is 0.461. The molecule has 3 N–H and O–H groups in total. The molecule has 0 radical (unpaired) electrons. The molecule has 0 bridgehead atoms. The number of carbonyl (C=O) groups excluding carboxylic acids is 2. The van der Waals surface area contributed by atoms with Crippen LogP contribution in [0.25, 0.3) is 0 Å². The second kappa shape index (κ2) is 9.43. The molecule has 0 unspecified atom stereocenters. The molecule has 0 atom stereocenters. The Labute approximate surface area is 163 Å². The summed E-state index contributed by atoms with van der Waals surface area (Å²) < 4.78 is 25.4. The predicted molar refractivity (Wildman–Crippen MR) is 109 cm³/mol. The summed E-state index contributed by atoms with van der Waals surface area (Å²) in [5.41, 5.74) is 0.696. The van der Waals surface area contributed by atoms with Crippen molar-refractivity contribution in [1.29, 1.82) is 0 Å². The van der Waals surface area contributed by atoms with Crippen molar-refractivity contribution in [3.8, 4) is 0 Å². The fraction of sp³-hybridized carbons (Fsp3) is 0.222. The maximum atomic E-state index is 12.5. The van der Waals surface area contributed by atoms with Gasteiger partial charge in [0.2, 0.25) is 15.9 Å². The molecule has 7 nitrogen and oxygen atoms in total. The van der Waals surface area contributed by atoms with Gasteiger partial charge in [-0.3, -0.25) is 14.3 Å². The van der Waals surface area contributed by atoms with Gasteiger partial charge in [0, 0.05) is 29.8 Å². The summed E-state index contributed by atoms with van der Waals surface area (Å²) in [5, 5.41) is 5.35. The van der Waals surface area contributed by atoms with Crippen molar-refractivity contribution < 1.29 is 18.0 Å². The maximum Gasteiger partial charge on any atom is 0.253 e. The van der Waals surface area contributed by atoms with Crippen molar-refractivity contribution in [2.75, 3.05) is 28.6 Å². The number of anilines is 2. The number of rotatable bonds is 8. The van der Waals surface area contributed by atoms with E-state index >= 15 is 0 Å². The minimum atomic E-state index is -3.55. The van der Waals surface area contributed by atoms with Gasteiger partial charge in [0.25, 0.3) is 5.91 Å². The Morgan fingerprint density at radius 2 is 1.78 bits per heavy atom. The third-order valence-electron chi connectivity index (χ3n) is 3.28. The lowest BCUT2D eigenvalue weighted by Crippen LogP contribution is -2.27. The Morgan fingerprint density at radius 1 is 1.07 bits per heavy atom. The van der Waals surface area contributed by atoms with E-state index in [0.717, 1.165) is 11.2 Å². The first-order valence-electron chi connectivity index (χ1n) is 8.10. The molecule has 0 aliphatic heterocycles. The van der Waals surface area contributed by atoms with Crippen LogP contribution in [0.15, 0.2) is 53.4 Å². The summed E-state index contributed by atoms with van der Waals surface area (Å²) >= 11 is 1.60. The second-order valence-corrected chi connectivity index (χ2v) is 8.65. The molecule has 0 fully saturated rings. The molecular formula is C18H21N3O4S2. The summed E-state index contributed by atoms with van der Waals surface area (Å²) in [4.78, 5) is 24.9. The van der Waals surface area contributed by atoms with Crippen molar-refractivity contribution in [1.82, 2.24) is 5.32 Å². The highest BCUT2D eigenvalue weighted by Crippen LogP contribution is 2.22. The molecular weight excluding hydrogens is 386 g/mol. The monoisotopic (exact) mass is 407 g/mol. The first-order valence-corrected chi connectivity index (χ1v) is 11.0. The Hall–Kier alpha value is -2.52. The number of hydrogen-bond acceptors (Lipinski definition) is 5. The number of benzene rings is 2. The van der Waals surface area contributed by atoms with Crippen molar-refractivity contribution in [3.63, 3.8) is 0 Å². The highest BCUT2D eigenvalue weighted by atomic mass is 32.2. The minimum Gasteiger partial charge on any atom is -0.351 e. The second-order valence-electron chi connectivity index (χ2n) is 5.73. The smallest absolute Gasteiger partial charge is 0.253 e. The van der Waals surface area contributed by atoms with Gasteiger partial charge in [-0.25, -0.2) is 8.42 Å². The van der Waals surface area contributed by atoms with E-state index < -0.39 is 15.9 Å². The van der Waals surface area contributed by atoms with Crippen molar-refractivity contribution in [2.24, 2.45) is 0 Å². The molecule has 144 valence electrons. The summed E-state index contributed by atoms with van der Waals surface area (Å²) in [6.45, 7) is 1.75.